The number of allylic oxidation sites excluding steroid dienone is 15. The smallest absolute Gasteiger partial charge is 0.0120 e. The molecule has 0 aliphatic heterocycles. The molecule has 0 saturated heterocycles. The molecule has 4 unspecified atom stereocenters. The SMILES string of the molecule is C=C(C)c1ccc(C)c(C2=CC=C(/C=C3/CC4=CC(C)C(C(=C)CCC)C(C5=CC=CC5)C4C3=C)C2)c1. The molecule has 0 aromatic heterocycles. The zero-order chi connectivity index (χ0) is 26.3. The first-order valence-electron chi connectivity index (χ1n) is 14.1. The van der Waals surface area contributed by atoms with Crippen molar-refractivity contribution in [2.24, 2.45) is 23.7 Å². The lowest BCUT2D eigenvalue weighted by molar-refractivity contribution is 0.281. The minimum atomic E-state index is 0.413. The van der Waals surface area contributed by atoms with Gasteiger partial charge in [0.15, 0.2) is 0 Å². The Kier molecular flexibility index (Phi) is 7.13. The minimum absolute atomic E-state index is 0.413. The van der Waals surface area contributed by atoms with Crippen molar-refractivity contribution in [2.75, 3.05) is 0 Å². The van der Waals surface area contributed by atoms with Gasteiger partial charge < -0.3 is 0 Å². The van der Waals surface area contributed by atoms with Crippen LogP contribution in [0.5, 0.6) is 0 Å². The maximum atomic E-state index is 4.73. The molecule has 1 aromatic rings. The van der Waals surface area contributed by atoms with E-state index in [1.165, 1.54) is 44.6 Å². The fraction of sp³-hybridized carbons (Fsp3) is 0.351. The molecule has 0 heterocycles. The second-order valence-electron chi connectivity index (χ2n) is 11.7. The van der Waals surface area contributed by atoms with E-state index in [9.17, 15) is 0 Å². The van der Waals surface area contributed by atoms with Crippen LogP contribution in [0, 0.1) is 30.6 Å². The van der Waals surface area contributed by atoms with Gasteiger partial charge in [-0.25, -0.2) is 0 Å². The lowest BCUT2D eigenvalue weighted by Crippen LogP contribution is -2.34. The first-order chi connectivity index (χ1) is 17.8. The zero-order valence-corrected chi connectivity index (χ0v) is 23.2. The van der Waals surface area contributed by atoms with Crippen LogP contribution < -0.4 is 0 Å². The topological polar surface area (TPSA) is 0 Å². The van der Waals surface area contributed by atoms with E-state index in [1.807, 2.05) is 0 Å². The molecule has 4 aliphatic carbocycles. The fourth-order valence-electron chi connectivity index (χ4n) is 7.15. The summed E-state index contributed by atoms with van der Waals surface area (Å²) in [6.07, 6.45) is 21.9. The Hall–Kier alpha value is -3.12. The van der Waals surface area contributed by atoms with Gasteiger partial charge in [-0.1, -0.05) is 117 Å². The molecule has 190 valence electrons. The number of hydrogen-bond acceptors (Lipinski definition) is 0. The lowest BCUT2D eigenvalue weighted by Gasteiger charge is -2.42. The first-order valence-corrected chi connectivity index (χ1v) is 14.1. The van der Waals surface area contributed by atoms with Gasteiger partial charge in [-0.15, -0.1) is 0 Å². The van der Waals surface area contributed by atoms with Gasteiger partial charge in [-0.05, 0) is 102 Å². The van der Waals surface area contributed by atoms with Gasteiger partial charge in [0.1, 0.15) is 0 Å². The Morgan fingerprint density at radius 1 is 1.08 bits per heavy atom. The third kappa shape index (κ3) is 4.79. The molecule has 0 N–H and O–H groups in total. The molecule has 4 aliphatic rings. The Morgan fingerprint density at radius 3 is 2.59 bits per heavy atom. The third-order valence-electron chi connectivity index (χ3n) is 8.97. The average Bonchev–Trinajstić information content (AvgIpc) is 3.61. The second-order valence-corrected chi connectivity index (χ2v) is 11.7. The molecule has 5 rings (SSSR count). The van der Waals surface area contributed by atoms with Gasteiger partial charge in [0.25, 0.3) is 0 Å². The van der Waals surface area contributed by atoms with Gasteiger partial charge >= 0.3 is 0 Å². The molecule has 1 fully saturated rings. The van der Waals surface area contributed by atoms with Crippen molar-refractivity contribution < 1.29 is 0 Å². The normalized spacial score (nSPS) is 27.7. The van der Waals surface area contributed by atoms with E-state index in [0.29, 0.717) is 23.7 Å². The van der Waals surface area contributed by atoms with E-state index in [0.717, 1.165) is 37.7 Å². The molecule has 1 aromatic carbocycles. The van der Waals surface area contributed by atoms with Crippen LogP contribution in [0.15, 0.2) is 114 Å². The standard InChI is InChI=1S/C37H42/c1-8-11-25(5)35-26(6)18-33-21-32(27(7)36(33)37(35)29-12-9-10-13-29)20-28-15-17-31(19-28)34-22-30(23(2)3)16-14-24(34)4/h9-10,12,14-18,20,22,26,35-37H,2,5,7-8,11,13,19,21H2,1,3-4,6H3/b32-20-. The highest BCUT2D eigenvalue weighted by atomic mass is 14.5. The van der Waals surface area contributed by atoms with Crippen LogP contribution in [0.4, 0.5) is 0 Å². The maximum absolute atomic E-state index is 4.73. The summed E-state index contributed by atoms with van der Waals surface area (Å²) in [4.78, 5) is 0. The van der Waals surface area contributed by atoms with Gasteiger partial charge in [0, 0.05) is 5.92 Å². The minimum Gasteiger partial charge on any atom is -0.0995 e. The molecule has 0 nitrogen and oxygen atoms in total. The molecule has 0 spiro atoms. The number of hydrogen-bond donors (Lipinski definition) is 0. The highest BCUT2D eigenvalue weighted by molar-refractivity contribution is 5.78. The molecule has 4 atom stereocenters. The number of aryl methyl sites for hydroxylation is 1. The van der Waals surface area contributed by atoms with E-state index in [4.69, 9.17) is 6.58 Å². The second kappa shape index (κ2) is 10.3. The largest absolute Gasteiger partial charge is 0.0995 e. The Labute approximate surface area is 225 Å². The van der Waals surface area contributed by atoms with E-state index in [1.54, 1.807) is 11.1 Å². The predicted molar refractivity (Wildman–Crippen MR) is 162 cm³/mol. The summed E-state index contributed by atoms with van der Waals surface area (Å²) in [5.41, 5.74) is 15.1. The molecule has 0 amide bonds. The van der Waals surface area contributed by atoms with E-state index in [2.05, 4.69) is 102 Å². The highest BCUT2D eigenvalue weighted by Crippen LogP contribution is 2.56. The van der Waals surface area contributed by atoms with Gasteiger partial charge in [0.05, 0.1) is 0 Å². The van der Waals surface area contributed by atoms with Crippen molar-refractivity contribution in [3.8, 4) is 0 Å². The van der Waals surface area contributed by atoms with Gasteiger partial charge in [-0.3, -0.25) is 0 Å². The Bertz CT molecular complexity index is 1340. The van der Waals surface area contributed by atoms with Crippen molar-refractivity contribution in [2.45, 2.75) is 59.8 Å². The van der Waals surface area contributed by atoms with Crippen LogP contribution in [-0.4, -0.2) is 0 Å². The van der Waals surface area contributed by atoms with Crippen LogP contribution >= 0.6 is 0 Å². The summed E-state index contributed by atoms with van der Waals surface area (Å²) < 4.78 is 0. The third-order valence-corrected chi connectivity index (χ3v) is 8.97. The predicted octanol–water partition coefficient (Wildman–Crippen LogP) is 10.3. The quantitative estimate of drug-likeness (QED) is 0.336. The molecule has 0 heteroatoms. The molecular formula is C37H42. The molecule has 1 saturated carbocycles. The number of fused-ring (bicyclic) bond motifs is 1. The van der Waals surface area contributed by atoms with Gasteiger partial charge in [-0.2, -0.15) is 0 Å². The summed E-state index contributed by atoms with van der Waals surface area (Å²) in [6, 6.07) is 6.71. The average molecular weight is 487 g/mol. The molecule has 37 heavy (non-hydrogen) atoms. The summed E-state index contributed by atoms with van der Waals surface area (Å²) in [5.74, 6) is 1.92. The summed E-state index contributed by atoms with van der Waals surface area (Å²) in [6.45, 7) is 22.5. The van der Waals surface area contributed by atoms with Crippen LogP contribution in [0.2, 0.25) is 0 Å². The highest BCUT2D eigenvalue weighted by Gasteiger charge is 2.45. The summed E-state index contributed by atoms with van der Waals surface area (Å²) in [7, 11) is 0. The van der Waals surface area contributed by atoms with Gasteiger partial charge in [0.2, 0.25) is 0 Å². The van der Waals surface area contributed by atoms with E-state index in [-0.39, 0.29) is 0 Å². The zero-order valence-electron chi connectivity index (χ0n) is 23.2. The van der Waals surface area contributed by atoms with Crippen molar-refractivity contribution >= 4 is 11.1 Å². The monoisotopic (exact) mass is 486 g/mol. The Morgan fingerprint density at radius 2 is 1.89 bits per heavy atom. The van der Waals surface area contributed by atoms with E-state index < -0.39 is 0 Å². The lowest BCUT2D eigenvalue weighted by atomic mass is 9.62. The van der Waals surface area contributed by atoms with Crippen LogP contribution in [0.25, 0.3) is 11.1 Å². The van der Waals surface area contributed by atoms with E-state index >= 15 is 0 Å². The maximum Gasteiger partial charge on any atom is 0.0120 e. The van der Waals surface area contributed by atoms with Crippen LogP contribution in [-0.2, 0) is 0 Å². The first kappa shape index (κ1) is 25.5. The molecule has 0 bridgehead atoms. The van der Waals surface area contributed by atoms with Crippen molar-refractivity contribution in [3.63, 3.8) is 0 Å². The Balaban J connectivity index is 1.40. The molecule has 0 radical (unpaired) electrons. The molecular weight excluding hydrogens is 444 g/mol. The summed E-state index contributed by atoms with van der Waals surface area (Å²) in [5, 5.41) is 0. The number of benzene rings is 1. The fourth-order valence-corrected chi connectivity index (χ4v) is 7.15. The van der Waals surface area contributed by atoms with Crippen LogP contribution in [0.1, 0.15) is 69.6 Å². The number of rotatable bonds is 7. The van der Waals surface area contributed by atoms with Crippen LogP contribution in [0.3, 0.4) is 0 Å². The van der Waals surface area contributed by atoms with Crippen molar-refractivity contribution in [3.05, 3.63) is 131 Å². The summed E-state index contributed by atoms with van der Waals surface area (Å²) >= 11 is 0. The van der Waals surface area contributed by atoms with Crippen molar-refractivity contribution in [1.82, 2.24) is 0 Å². The van der Waals surface area contributed by atoms with Crippen molar-refractivity contribution in [1.29, 1.82) is 0 Å².